The van der Waals surface area contributed by atoms with Crippen molar-refractivity contribution in [3.63, 3.8) is 0 Å². The molecule has 0 aromatic carbocycles. The zero-order valence-corrected chi connectivity index (χ0v) is 12.6. The molecule has 1 aromatic heterocycles. The maximum absolute atomic E-state index is 6.14. The van der Waals surface area contributed by atoms with Crippen molar-refractivity contribution in [2.45, 2.75) is 65.6 Å². The van der Waals surface area contributed by atoms with Crippen LogP contribution in [0, 0.1) is 13.8 Å². The quantitative estimate of drug-likeness (QED) is 0.848. The van der Waals surface area contributed by atoms with Crippen LogP contribution in [-0.4, -0.2) is 22.5 Å². The third-order valence-corrected chi connectivity index (χ3v) is 3.73. The minimum Gasteiger partial charge on any atom is -0.379 e. The van der Waals surface area contributed by atoms with Gasteiger partial charge in [0.1, 0.15) is 0 Å². The van der Waals surface area contributed by atoms with Gasteiger partial charge >= 0.3 is 0 Å². The first-order valence-electron chi connectivity index (χ1n) is 6.67. The Balaban J connectivity index is 2.86. The molecule has 0 aliphatic carbocycles. The second-order valence-electron chi connectivity index (χ2n) is 5.54. The van der Waals surface area contributed by atoms with E-state index in [2.05, 4.69) is 37.5 Å². The summed E-state index contributed by atoms with van der Waals surface area (Å²) in [6.45, 7) is 11.3. The van der Waals surface area contributed by atoms with Crippen LogP contribution in [0.2, 0.25) is 0 Å². The molecule has 18 heavy (non-hydrogen) atoms. The smallest absolute Gasteiger partial charge is 0.0644 e. The van der Waals surface area contributed by atoms with Gasteiger partial charge in [-0.05, 0) is 40.5 Å². The summed E-state index contributed by atoms with van der Waals surface area (Å²) in [5.74, 6) is 0. The van der Waals surface area contributed by atoms with Crippen LogP contribution >= 0.6 is 0 Å². The van der Waals surface area contributed by atoms with Gasteiger partial charge in [-0.2, -0.15) is 5.10 Å². The second kappa shape index (κ2) is 5.85. The SMILES string of the molecule is CCC(N)c1c(C)nn(CCC(C)(C)OC)c1C. The lowest BCUT2D eigenvalue weighted by molar-refractivity contribution is 0.0112. The van der Waals surface area contributed by atoms with Crippen molar-refractivity contribution in [3.8, 4) is 0 Å². The molecule has 1 unspecified atom stereocenters. The van der Waals surface area contributed by atoms with Gasteiger partial charge in [0.2, 0.25) is 0 Å². The lowest BCUT2D eigenvalue weighted by Gasteiger charge is -2.23. The summed E-state index contributed by atoms with van der Waals surface area (Å²) in [5.41, 5.74) is 9.47. The summed E-state index contributed by atoms with van der Waals surface area (Å²) in [4.78, 5) is 0. The van der Waals surface area contributed by atoms with Crippen LogP contribution in [0.25, 0.3) is 0 Å². The Hall–Kier alpha value is -0.870. The van der Waals surface area contributed by atoms with Crippen LogP contribution in [0.3, 0.4) is 0 Å². The molecule has 1 atom stereocenters. The molecule has 4 heteroatoms. The number of ether oxygens (including phenoxy) is 1. The minimum absolute atomic E-state index is 0.0918. The summed E-state index contributed by atoms with van der Waals surface area (Å²) >= 11 is 0. The lowest BCUT2D eigenvalue weighted by Crippen LogP contribution is -2.25. The Labute approximate surface area is 111 Å². The summed E-state index contributed by atoms with van der Waals surface area (Å²) in [6.07, 6.45) is 1.88. The average Bonchev–Trinajstić information content (AvgIpc) is 2.61. The van der Waals surface area contributed by atoms with Gasteiger partial charge in [0.25, 0.3) is 0 Å². The molecule has 0 fully saturated rings. The Morgan fingerprint density at radius 1 is 1.39 bits per heavy atom. The molecule has 0 saturated carbocycles. The topological polar surface area (TPSA) is 53.1 Å². The van der Waals surface area contributed by atoms with Gasteiger partial charge in [-0.1, -0.05) is 6.92 Å². The van der Waals surface area contributed by atoms with E-state index in [4.69, 9.17) is 10.5 Å². The first-order valence-corrected chi connectivity index (χ1v) is 6.67. The van der Waals surface area contributed by atoms with Gasteiger partial charge in [-0.15, -0.1) is 0 Å². The van der Waals surface area contributed by atoms with Crippen molar-refractivity contribution in [2.24, 2.45) is 5.73 Å². The molecule has 4 nitrogen and oxygen atoms in total. The van der Waals surface area contributed by atoms with Gasteiger partial charge in [0.15, 0.2) is 0 Å². The maximum Gasteiger partial charge on any atom is 0.0644 e. The van der Waals surface area contributed by atoms with E-state index in [1.54, 1.807) is 7.11 Å². The largest absolute Gasteiger partial charge is 0.379 e. The molecule has 0 aliphatic rings. The predicted octanol–water partition coefficient (Wildman–Crippen LogP) is 2.72. The van der Waals surface area contributed by atoms with Crippen LogP contribution in [0.4, 0.5) is 0 Å². The van der Waals surface area contributed by atoms with Crippen molar-refractivity contribution in [1.29, 1.82) is 0 Å². The van der Waals surface area contributed by atoms with Crippen molar-refractivity contribution >= 4 is 0 Å². The first kappa shape index (κ1) is 15.2. The zero-order valence-electron chi connectivity index (χ0n) is 12.6. The Morgan fingerprint density at radius 2 is 2.00 bits per heavy atom. The summed E-state index contributed by atoms with van der Waals surface area (Å²) in [5, 5.41) is 4.60. The van der Waals surface area contributed by atoms with E-state index in [0.717, 1.165) is 25.1 Å². The molecule has 0 spiro atoms. The fourth-order valence-electron chi connectivity index (χ4n) is 2.15. The van der Waals surface area contributed by atoms with Crippen LogP contribution in [0.15, 0.2) is 0 Å². The highest BCUT2D eigenvalue weighted by Crippen LogP contribution is 2.23. The molecule has 0 saturated heterocycles. The van der Waals surface area contributed by atoms with Crippen molar-refractivity contribution < 1.29 is 4.74 Å². The molecule has 0 bridgehead atoms. The second-order valence-corrected chi connectivity index (χ2v) is 5.54. The van der Waals surface area contributed by atoms with Crippen molar-refractivity contribution in [3.05, 3.63) is 17.0 Å². The van der Waals surface area contributed by atoms with E-state index in [1.807, 2.05) is 6.92 Å². The van der Waals surface area contributed by atoms with Crippen molar-refractivity contribution in [2.75, 3.05) is 7.11 Å². The normalized spacial score (nSPS) is 13.9. The van der Waals surface area contributed by atoms with Gasteiger partial charge < -0.3 is 10.5 Å². The Bertz CT molecular complexity index is 396. The van der Waals surface area contributed by atoms with Gasteiger partial charge in [-0.25, -0.2) is 0 Å². The first-order chi connectivity index (χ1) is 8.32. The Morgan fingerprint density at radius 3 is 2.50 bits per heavy atom. The third kappa shape index (κ3) is 3.33. The molecular formula is C14H27N3O. The summed E-state index contributed by atoms with van der Waals surface area (Å²) < 4.78 is 7.50. The number of aromatic nitrogens is 2. The highest BCUT2D eigenvalue weighted by molar-refractivity contribution is 5.27. The number of nitrogens with zero attached hydrogens (tertiary/aromatic N) is 2. The number of hydrogen-bond donors (Lipinski definition) is 1. The highest BCUT2D eigenvalue weighted by Gasteiger charge is 2.20. The average molecular weight is 253 g/mol. The molecule has 0 aliphatic heterocycles. The van der Waals surface area contributed by atoms with E-state index in [9.17, 15) is 0 Å². The van der Waals surface area contributed by atoms with Crippen molar-refractivity contribution in [1.82, 2.24) is 9.78 Å². The minimum atomic E-state index is -0.112. The third-order valence-electron chi connectivity index (χ3n) is 3.73. The Kier molecular flexibility index (Phi) is 4.93. The monoisotopic (exact) mass is 253 g/mol. The number of rotatable bonds is 6. The molecule has 0 amide bonds. The highest BCUT2D eigenvalue weighted by atomic mass is 16.5. The fraction of sp³-hybridized carbons (Fsp3) is 0.786. The maximum atomic E-state index is 6.14. The summed E-state index contributed by atoms with van der Waals surface area (Å²) in [6, 6.07) is 0.0918. The number of hydrogen-bond acceptors (Lipinski definition) is 3. The molecule has 1 aromatic rings. The lowest BCUT2D eigenvalue weighted by atomic mass is 10.0. The predicted molar refractivity (Wildman–Crippen MR) is 74.6 cm³/mol. The standard InChI is InChI=1S/C14H27N3O/c1-7-12(15)13-10(2)16-17(11(13)3)9-8-14(4,5)18-6/h12H,7-9,15H2,1-6H3. The van der Waals surface area contributed by atoms with E-state index in [0.29, 0.717) is 0 Å². The molecule has 0 radical (unpaired) electrons. The van der Waals surface area contributed by atoms with E-state index >= 15 is 0 Å². The molecule has 1 rings (SSSR count). The molecule has 104 valence electrons. The van der Waals surface area contributed by atoms with Crippen LogP contribution < -0.4 is 5.73 Å². The van der Waals surface area contributed by atoms with E-state index in [-0.39, 0.29) is 11.6 Å². The van der Waals surface area contributed by atoms with Crippen LogP contribution in [0.5, 0.6) is 0 Å². The summed E-state index contributed by atoms with van der Waals surface area (Å²) in [7, 11) is 1.75. The fourth-order valence-corrected chi connectivity index (χ4v) is 2.15. The number of nitrogens with two attached hydrogens (primary N) is 1. The molecule has 2 N–H and O–H groups in total. The zero-order chi connectivity index (χ0) is 13.9. The molecular weight excluding hydrogens is 226 g/mol. The van der Waals surface area contributed by atoms with Crippen LogP contribution in [-0.2, 0) is 11.3 Å². The van der Waals surface area contributed by atoms with Crippen LogP contribution in [0.1, 0.15) is 56.6 Å². The van der Waals surface area contributed by atoms with E-state index in [1.165, 1.54) is 11.3 Å². The van der Waals surface area contributed by atoms with Gasteiger partial charge in [-0.3, -0.25) is 4.68 Å². The van der Waals surface area contributed by atoms with E-state index < -0.39 is 0 Å². The number of methoxy groups -OCH3 is 1. The van der Waals surface area contributed by atoms with Gasteiger partial charge in [0.05, 0.1) is 11.3 Å². The van der Waals surface area contributed by atoms with Gasteiger partial charge in [0, 0.05) is 31.0 Å². The molecule has 1 heterocycles. The number of aryl methyl sites for hydroxylation is 2.